The molecule has 0 aromatic heterocycles. The van der Waals surface area contributed by atoms with E-state index in [-0.39, 0.29) is 17.3 Å². The van der Waals surface area contributed by atoms with Crippen LogP contribution in [0, 0.1) is 0 Å². The quantitative estimate of drug-likeness (QED) is 0.593. The second kappa shape index (κ2) is 8.03. The summed E-state index contributed by atoms with van der Waals surface area (Å²) in [5, 5.41) is 3.17. The monoisotopic (exact) mass is 377 g/mol. The third-order valence-corrected chi connectivity index (χ3v) is 6.14. The molecular formula is C14H16ClNO5S2. The molecule has 1 aliphatic heterocycles. The second-order valence-corrected chi connectivity index (χ2v) is 8.78. The van der Waals surface area contributed by atoms with Gasteiger partial charge in [0.25, 0.3) is 5.91 Å². The fourth-order valence-electron chi connectivity index (χ4n) is 2.04. The first-order chi connectivity index (χ1) is 10.8. The Labute approximate surface area is 143 Å². The van der Waals surface area contributed by atoms with Crippen molar-refractivity contribution in [1.82, 2.24) is 5.32 Å². The summed E-state index contributed by atoms with van der Waals surface area (Å²) in [4.78, 5) is 24.1. The maximum Gasteiger partial charge on any atom is 0.316 e. The highest BCUT2D eigenvalue weighted by Crippen LogP contribution is 2.20. The summed E-state index contributed by atoms with van der Waals surface area (Å²) < 4.78 is 27.4. The molecule has 1 heterocycles. The van der Waals surface area contributed by atoms with E-state index in [1.807, 2.05) is 0 Å². The number of benzene rings is 1. The zero-order valence-electron chi connectivity index (χ0n) is 12.2. The third-order valence-electron chi connectivity index (χ3n) is 3.13. The summed E-state index contributed by atoms with van der Waals surface area (Å²) >= 11 is 7.04. The Bertz CT molecular complexity index is 675. The number of ether oxygens (including phenoxy) is 1. The summed E-state index contributed by atoms with van der Waals surface area (Å²) in [5.41, 5.74) is 0. The first-order valence-corrected chi connectivity index (χ1v) is 10.1. The predicted molar refractivity (Wildman–Crippen MR) is 88.3 cm³/mol. The molecule has 1 aromatic carbocycles. The lowest BCUT2D eigenvalue weighted by Gasteiger charge is -2.11. The van der Waals surface area contributed by atoms with Crippen molar-refractivity contribution in [2.24, 2.45) is 0 Å². The van der Waals surface area contributed by atoms with Crippen molar-refractivity contribution in [2.75, 3.05) is 23.9 Å². The standard InChI is InChI=1S/C14H16ClNO5S2/c15-10-1-3-12(4-2-10)22-8-14(18)21-7-13(17)16-11-5-6-23(19,20)9-11/h1-4,11H,5-9H2,(H,16,17). The van der Waals surface area contributed by atoms with E-state index < -0.39 is 34.4 Å². The highest BCUT2D eigenvalue weighted by atomic mass is 35.5. The van der Waals surface area contributed by atoms with Crippen LogP contribution in [0.3, 0.4) is 0 Å². The van der Waals surface area contributed by atoms with Crippen LogP contribution >= 0.6 is 23.4 Å². The van der Waals surface area contributed by atoms with Crippen molar-refractivity contribution < 1.29 is 22.7 Å². The molecule has 0 saturated carbocycles. The number of carbonyl (C=O) groups is 2. The minimum absolute atomic E-state index is 0.0564. The average Bonchev–Trinajstić information content (AvgIpc) is 2.83. The highest BCUT2D eigenvalue weighted by Gasteiger charge is 2.28. The van der Waals surface area contributed by atoms with Gasteiger partial charge in [0.05, 0.1) is 17.3 Å². The number of sulfone groups is 1. The molecule has 1 aromatic rings. The Morgan fingerprint density at radius 2 is 2.00 bits per heavy atom. The highest BCUT2D eigenvalue weighted by molar-refractivity contribution is 8.00. The minimum atomic E-state index is -3.05. The Balaban J connectivity index is 1.66. The smallest absolute Gasteiger partial charge is 0.316 e. The molecule has 1 amide bonds. The lowest BCUT2D eigenvalue weighted by atomic mass is 10.2. The number of hydrogen-bond donors (Lipinski definition) is 1. The number of rotatable bonds is 6. The Morgan fingerprint density at radius 3 is 2.61 bits per heavy atom. The lowest BCUT2D eigenvalue weighted by Crippen LogP contribution is -2.38. The van der Waals surface area contributed by atoms with E-state index >= 15 is 0 Å². The molecule has 0 bridgehead atoms. The normalized spacial score (nSPS) is 19.3. The second-order valence-electron chi connectivity index (χ2n) is 5.07. The zero-order chi connectivity index (χ0) is 16.9. The van der Waals surface area contributed by atoms with Crippen LogP contribution in [0.25, 0.3) is 0 Å². The summed E-state index contributed by atoms with van der Waals surface area (Å²) in [6.07, 6.45) is 0.397. The molecule has 1 fully saturated rings. The molecule has 1 unspecified atom stereocenters. The van der Waals surface area contributed by atoms with Gasteiger partial charge in [0.2, 0.25) is 0 Å². The summed E-state index contributed by atoms with van der Waals surface area (Å²) in [6, 6.07) is 6.62. The topological polar surface area (TPSA) is 89.5 Å². The summed E-state index contributed by atoms with van der Waals surface area (Å²) in [5.74, 6) is -0.905. The van der Waals surface area contributed by atoms with E-state index in [2.05, 4.69) is 5.32 Å². The van der Waals surface area contributed by atoms with Crippen LogP contribution in [0.15, 0.2) is 29.2 Å². The molecule has 1 atom stereocenters. The van der Waals surface area contributed by atoms with Crippen molar-refractivity contribution in [3.8, 4) is 0 Å². The van der Waals surface area contributed by atoms with Gasteiger partial charge in [0.15, 0.2) is 16.4 Å². The van der Waals surface area contributed by atoms with Gasteiger partial charge in [-0.15, -0.1) is 11.8 Å². The van der Waals surface area contributed by atoms with Gasteiger partial charge in [-0.1, -0.05) is 11.6 Å². The fourth-order valence-corrected chi connectivity index (χ4v) is 4.53. The molecule has 23 heavy (non-hydrogen) atoms. The maximum atomic E-state index is 11.6. The largest absolute Gasteiger partial charge is 0.455 e. The maximum absolute atomic E-state index is 11.6. The molecular weight excluding hydrogens is 362 g/mol. The summed E-state index contributed by atoms with van der Waals surface area (Å²) in [6.45, 7) is -0.406. The number of esters is 1. The van der Waals surface area contributed by atoms with Crippen LogP contribution in [-0.2, 0) is 24.2 Å². The van der Waals surface area contributed by atoms with Gasteiger partial charge >= 0.3 is 5.97 Å². The molecule has 0 spiro atoms. The van der Waals surface area contributed by atoms with Crippen LogP contribution in [0.2, 0.25) is 5.02 Å². The van der Waals surface area contributed by atoms with E-state index in [1.54, 1.807) is 24.3 Å². The van der Waals surface area contributed by atoms with Gasteiger partial charge in [0.1, 0.15) is 0 Å². The Morgan fingerprint density at radius 1 is 1.30 bits per heavy atom. The van der Waals surface area contributed by atoms with Crippen molar-refractivity contribution in [3.05, 3.63) is 29.3 Å². The van der Waals surface area contributed by atoms with Gasteiger partial charge in [-0.2, -0.15) is 0 Å². The molecule has 9 heteroatoms. The lowest BCUT2D eigenvalue weighted by molar-refractivity contribution is -0.146. The van der Waals surface area contributed by atoms with Crippen molar-refractivity contribution >= 4 is 45.1 Å². The van der Waals surface area contributed by atoms with E-state index in [9.17, 15) is 18.0 Å². The van der Waals surface area contributed by atoms with Crippen LogP contribution in [0.5, 0.6) is 0 Å². The number of halogens is 1. The van der Waals surface area contributed by atoms with E-state index in [0.717, 1.165) is 4.90 Å². The van der Waals surface area contributed by atoms with Crippen molar-refractivity contribution in [3.63, 3.8) is 0 Å². The Kier molecular flexibility index (Phi) is 6.32. The van der Waals surface area contributed by atoms with Crippen LogP contribution in [0.4, 0.5) is 0 Å². The number of carbonyl (C=O) groups excluding carboxylic acids is 2. The minimum Gasteiger partial charge on any atom is -0.455 e. The van der Waals surface area contributed by atoms with E-state index in [1.165, 1.54) is 11.8 Å². The molecule has 6 nitrogen and oxygen atoms in total. The van der Waals surface area contributed by atoms with E-state index in [4.69, 9.17) is 16.3 Å². The van der Waals surface area contributed by atoms with Gasteiger partial charge in [0, 0.05) is 16.0 Å². The van der Waals surface area contributed by atoms with Crippen LogP contribution in [-0.4, -0.2) is 50.2 Å². The van der Waals surface area contributed by atoms with Gasteiger partial charge in [-0.25, -0.2) is 8.42 Å². The van der Waals surface area contributed by atoms with Gasteiger partial charge in [-0.05, 0) is 30.7 Å². The molecule has 126 valence electrons. The number of nitrogens with one attached hydrogen (secondary N) is 1. The van der Waals surface area contributed by atoms with Crippen molar-refractivity contribution in [1.29, 1.82) is 0 Å². The zero-order valence-corrected chi connectivity index (χ0v) is 14.5. The van der Waals surface area contributed by atoms with E-state index in [0.29, 0.717) is 11.4 Å². The third kappa shape index (κ3) is 6.40. The van der Waals surface area contributed by atoms with Crippen LogP contribution < -0.4 is 5.32 Å². The van der Waals surface area contributed by atoms with Crippen molar-refractivity contribution in [2.45, 2.75) is 17.4 Å². The first kappa shape index (κ1) is 18.1. The molecule has 1 N–H and O–H groups in total. The molecule has 0 aliphatic carbocycles. The van der Waals surface area contributed by atoms with Gasteiger partial charge < -0.3 is 10.1 Å². The first-order valence-electron chi connectivity index (χ1n) is 6.88. The SMILES string of the molecule is O=C(COC(=O)CSc1ccc(Cl)cc1)NC1CCS(=O)(=O)C1. The fraction of sp³-hybridized carbons (Fsp3) is 0.429. The van der Waals surface area contributed by atoms with Gasteiger partial charge in [-0.3, -0.25) is 9.59 Å². The number of hydrogen-bond acceptors (Lipinski definition) is 6. The summed E-state index contributed by atoms with van der Waals surface area (Å²) in [7, 11) is -3.05. The average molecular weight is 378 g/mol. The number of amides is 1. The molecule has 0 radical (unpaired) electrons. The molecule has 1 aliphatic rings. The number of thioether (sulfide) groups is 1. The van der Waals surface area contributed by atoms with Crippen LogP contribution in [0.1, 0.15) is 6.42 Å². The molecule has 2 rings (SSSR count). The molecule has 1 saturated heterocycles. The Hall–Kier alpha value is -1.25. The predicted octanol–water partition coefficient (Wildman–Crippen LogP) is 1.28.